The molecular formula is C102H120N32O6. The van der Waals surface area contributed by atoms with E-state index in [9.17, 15) is 24.0 Å². The van der Waals surface area contributed by atoms with Crippen LogP contribution in [0, 0.1) is 11.3 Å². The molecule has 0 atom stereocenters. The SMILES string of the molecule is C=CCn1nc(Nc2ccc(-c3cnn(C)c3)cc2)c2c1CCN(C(C)=O)C2.CC(=O)N1CCc2c(c(Nc3ccc(-c4cn[nH]c4)cc3)nn2C)C1.CC(=O)N1CCc2c(c(Nc3ccc(-c4cnn(C)c4)cc3)nn2CCC#N)C1.CC(=O)N1CCc2c(c(Nc3ccc(-c4cnn(CCN(C)C)c4)cc3)nn2C)C1.CC(=O)N1CCc2c(c(Nc3ccc(-c4cnn(CCO)c4)cc3)nn2C)C1. The van der Waals surface area contributed by atoms with E-state index in [-0.39, 0.29) is 36.1 Å². The van der Waals surface area contributed by atoms with E-state index < -0.39 is 0 Å². The summed E-state index contributed by atoms with van der Waals surface area (Å²) in [5, 5.41) is 82.2. The number of aromatic nitrogens is 20. The summed E-state index contributed by atoms with van der Waals surface area (Å²) in [7, 11) is 13.8. The normalized spacial score (nSPS) is 13.4. The first-order valence-corrected chi connectivity index (χ1v) is 46.9. The monoisotopic (exact) mass is 1890 g/mol. The van der Waals surface area contributed by atoms with E-state index in [4.69, 9.17) is 20.6 Å². The van der Waals surface area contributed by atoms with Gasteiger partial charge in [0.1, 0.15) is 0 Å². The van der Waals surface area contributed by atoms with Gasteiger partial charge in [0.05, 0.1) is 109 Å². The first-order chi connectivity index (χ1) is 67.7. The van der Waals surface area contributed by atoms with Crippen LogP contribution < -0.4 is 26.6 Å². The van der Waals surface area contributed by atoms with Crippen LogP contribution in [0.3, 0.4) is 0 Å². The lowest BCUT2D eigenvalue weighted by atomic mass is 10.1. The highest BCUT2D eigenvalue weighted by Crippen LogP contribution is 2.37. The van der Waals surface area contributed by atoms with Crippen LogP contribution in [0.5, 0.6) is 0 Å². The van der Waals surface area contributed by atoms with Gasteiger partial charge in [-0.15, -0.1) is 6.58 Å². The molecule has 15 aromatic rings. The van der Waals surface area contributed by atoms with Crippen LogP contribution in [0.15, 0.2) is 196 Å². The second kappa shape index (κ2) is 43.8. The lowest BCUT2D eigenvalue weighted by Crippen LogP contribution is -2.34. The van der Waals surface area contributed by atoms with E-state index in [1.54, 1.807) is 61.1 Å². The molecule has 5 aliphatic rings. The molecule has 38 nitrogen and oxygen atoms in total. The highest BCUT2D eigenvalue weighted by molar-refractivity contribution is 5.80. The number of aliphatic hydroxyl groups is 1. The number of amides is 5. The molecular weight excluding hydrogens is 1770 g/mol. The zero-order chi connectivity index (χ0) is 98.4. The van der Waals surface area contributed by atoms with E-state index in [0.29, 0.717) is 65.3 Å². The number of hydrogen-bond donors (Lipinski definition) is 7. The summed E-state index contributed by atoms with van der Waals surface area (Å²) >= 11 is 0. The van der Waals surface area contributed by atoms with Crippen LogP contribution in [0.25, 0.3) is 55.6 Å². The van der Waals surface area contributed by atoms with Crippen molar-refractivity contribution in [3.63, 3.8) is 0 Å². The molecule has 38 heteroatoms. The fourth-order valence-corrected chi connectivity index (χ4v) is 17.9. The van der Waals surface area contributed by atoms with Crippen LogP contribution in [0.2, 0.25) is 0 Å². The number of likely N-dealkylation sites (N-methyl/N-ethyl adjacent to an activating group) is 1. The number of aryl methyl sites for hydroxylation is 6. The predicted octanol–water partition coefficient (Wildman–Crippen LogP) is 12.8. The molecule has 15 heterocycles. The number of aliphatic hydroxyl groups excluding tert-OH is 1. The summed E-state index contributed by atoms with van der Waals surface area (Å²) in [6.45, 7) is 22.0. The zero-order valence-corrected chi connectivity index (χ0v) is 81.3. The van der Waals surface area contributed by atoms with Gasteiger partial charge in [-0.25, -0.2) is 0 Å². The number of hydrogen-bond acceptors (Lipinski definition) is 23. The van der Waals surface area contributed by atoms with Crippen molar-refractivity contribution in [3.05, 3.63) is 252 Å². The molecule has 724 valence electrons. The first-order valence-electron chi connectivity index (χ1n) is 46.9. The number of nitrogens with one attached hydrogen (secondary N) is 6. The molecule has 7 N–H and O–H groups in total. The Morgan fingerprint density at radius 3 is 0.993 bits per heavy atom. The number of H-pyrrole nitrogens is 1. The minimum atomic E-state index is 0.0622. The number of allylic oxidation sites excluding steroid dienone is 1. The Morgan fingerprint density at radius 2 is 0.693 bits per heavy atom. The third-order valence-corrected chi connectivity index (χ3v) is 25.6. The fraction of sp³-hybridized carbons (Fsp3) is 0.333. The molecule has 0 saturated carbocycles. The molecule has 0 spiro atoms. The topological polar surface area (TPSA) is 398 Å². The van der Waals surface area contributed by atoms with Crippen LogP contribution >= 0.6 is 0 Å². The maximum absolute atomic E-state index is 11.9. The van der Waals surface area contributed by atoms with Gasteiger partial charge in [-0.1, -0.05) is 66.7 Å². The van der Waals surface area contributed by atoms with Crippen molar-refractivity contribution in [2.75, 3.05) is 86.6 Å². The minimum Gasteiger partial charge on any atom is -0.394 e. The number of nitrogens with zero attached hydrogens (tertiary/aromatic N) is 26. The molecule has 5 aromatic carbocycles. The molecule has 20 rings (SSSR count). The fourth-order valence-electron chi connectivity index (χ4n) is 17.9. The largest absolute Gasteiger partial charge is 0.394 e. The molecule has 140 heavy (non-hydrogen) atoms. The second-order valence-corrected chi connectivity index (χ2v) is 35.6. The van der Waals surface area contributed by atoms with Gasteiger partial charge >= 0.3 is 0 Å². The van der Waals surface area contributed by atoms with Crippen molar-refractivity contribution >= 4 is 87.1 Å². The van der Waals surface area contributed by atoms with Gasteiger partial charge in [0.2, 0.25) is 29.5 Å². The Hall–Kier alpha value is -16.3. The van der Waals surface area contributed by atoms with Gasteiger partial charge in [0.25, 0.3) is 0 Å². The average Bonchev–Trinajstić information content (AvgIpc) is 1.63. The van der Waals surface area contributed by atoms with Gasteiger partial charge in [-0.2, -0.15) is 56.2 Å². The maximum Gasteiger partial charge on any atom is 0.219 e. The van der Waals surface area contributed by atoms with E-state index in [2.05, 4.69) is 147 Å². The quantitative estimate of drug-likeness (QED) is 0.0276. The summed E-state index contributed by atoms with van der Waals surface area (Å²) in [4.78, 5) is 70.4. The predicted molar refractivity (Wildman–Crippen MR) is 537 cm³/mol. The second-order valence-electron chi connectivity index (χ2n) is 35.6. The standard InChI is InChI=1S/C22H29N7O.C21H23N7O.C21H24N6O.C20H24N6O2.C18H20N6O/c1-16(30)28-10-9-21-20(15-28)22(25-27(21)4)24-19-7-5-17(6-8-19)18-13-23-29(14-18)12-11-26(2)3;1-15(29)27-11-8-20-19(14-27)21(25-28(20)10-3-9-22)24-18-6-4-16(5-7-18)17-12-23-26(2)13-17;1-4-10-27-20-9-11-26(15(2)28)14-19(20)21(24-27)23-18-7-5-16(6-8-18)17-12-22-25(3)13-17;1-14(28)25-8-7-19-18(13-25)20(23-24(19)2)22-17-5-3-15(4-6-17)16-11-21-26(12-16)9-10-27;1-12(25)24-8-7-17-16(11-24)18(22-23(17)2)21-15-5-3-13(4-6-15)14-9-19-20-10-14/h5-8,13-14H,9-12,15H2,1-4H3,(H,24,25);4-7,12-13H,3,8,10-11,14H2,1-2H3,(H,24,25);4-8,12-13H,1,9-11,14H2,2-3H3,(H,23,24);3-6,11-12,27H,7-10,13H2,1-2H3,(H,22,23);3-6,9-10H,7-8,11H2,1-2H3,(H,19,20)(H,21,22). The Balaban J connectivity index is 0.000000126. The van der Waals surface area contributed by atoms with Crippen LogP contribution in [-0.2, 0) is 150 Å². The van der Waals surface area contributed by atoms with E-state index in [1.165, 1.54) is 22.8 Å². The lowest BCUT2D eigenvalue weighted by molar-refractivity contribution is -0.130. The molecule has 0 aliphatic carbocycles. The number of rotatable bonds is 24. The molecule has 0 bridgehead atoms. The molecule has 0 fully saturated rings. The molecule has 0 unspecified atom stereocenters. The van der Waals surface area contributed by atoms with Crippen LogP contribution in [0.4, 0.5) is 57.5 Å². The third-order valence-electron chi connectivity index (χ3n) is 25.6. The summed E-state index contributed by atoms with van der Waals surface area (Å²) < 4.78 is 16.9. The number of nitriles is 1. The number of fused-ring (bicyclic) bond motifs is 5. The van der Waals surface area contributed by atoms with Crippen LogP contribution in [-0.4, -0.2) is 222 Å². The molecule has 5 amide bonds. The van der Waals surface area contributed by atoms with Gasteiger partial charge in [0.15, 0.2) is 29.1 Å². The highest BCUT2D eigenvalue weighted by Gasteiger charge is 2.32. The minimum absolute atomic E-state index is 0.0622. The van der Waals surface area contributed by atoms with Crippen molar-refractivity contribution in [1.29, 1.82) is 5.26 Å². The van der Waals surface area contributed by atoms with E-state index in [0.717, 1.165) is 218 Å². The van der Waals surface area contributed by atoms with Gasteiger partial charge in [-0.05, 0) is 103 Å². The summed E-state index contributed by atoms with van der Waals surface area (Å²) in [5.41, 5.74) is 26.8. The number of carbonyl (C=O) groups excluding carboxylic acids is 5. The van der Waals surface area contributed by atoms with E-state index >= 15 is 0 Å². The lowest BCUT2D eigenvalue weighted by Gasteiger charge is -2.26. The third kappa shape index (κ3) is 23.2. The average molecular weight is 1890 g/mol. The highest BCUT2D eigenvalue weighted by atomic mass is 16.3. The Labute approximate surface area is 812 Å². The van der Waals surface area contributed by atoms with E-state index in [1.807, 2.05) is 222 Å². The number of carbonyl (C=O) groups is 5. The van der Waals surface area contributed by atoms with Gasteiger partial charge < -0.3 is 61.1 Å². The first kappa shape index (κ1) is 96.8. The Kier molecular flexibility index (Phi) is 30.3. The maximum atomic E-state index is 11.9. The molecule has 0 saturated heterocycles. The van der Waals surface area contributed by atoms with Crippen molar-refractivity contribution in [2.45, 2.75) is 132 Å². The van der Waals surface area contributed by atoms with Crippen molar-refractivity contribution < 1.29 is 29.1 Å². The van der Waals surface area contributed by atoms with Crippen LogP contribution in [0.1, 0.15) is 97.3 Å². The van der Waals surface area contributed by atoms with Gasteiger partial charge in [0, 0.05) is 285 Å². The summed E-state index contributed by atoms with van der Waals surface area (Å²) in [6, 6.07) is 43.0. The molecule has 10 aromatic heterocycles. The number of anilines is 10. The van der Waals surface area contributed by atoms with Crippen molar-refractivity contribution in [3.8, 4) is 61.7 Å². The summed E-state index contributed by atoms with van der Waals surface area (Å²) in [5.74, 6) is 4.44. The Bertz CT molecular complexity index is 6910. The Morgan fingerprint density at radius 1 is 0.393 bits per heavy atom. The molecule has 0 radical (unpaired) electrons. The number of benzene rings is 5. The van der Waals surface area contributed by atoms with Crippen molar-refractivity contribution in [1.82, 2.24) is 128 Å². The smallest absolute Gasteiger partial charge is 0.219 e. The number of aromatic amines is 1. The summed E-state index contributed by atoms with van der Waals surface area (Å²) in [6.07, 6.45) is 25.3. The zero-order valence-electron chi connectivity index (χ0n) is 81.3. The molecule has 5 aliphatic heterocycles. The van der Waals surface area contributed by atoms with Gasteiger partial charge in [-0.3, -0.25) is 71.2 Å². The van der Waals surface area contributed by atoms with Crippen molar-refractivity contribution in [2.24, 2.45) is 35.2 Å².